The van der Waals surface area contributed by atoms with Crippen LogP contribution in [0, 0.1) is 0 Å². The van der Waals surface area contributed by atoms with Crippen molar-refractivity contribution in [3.05, 3.63) is 23.8 Å². The average Bonchev–Trinajstić information content (AvgIpc) is 2.42. The minimum Gasteiger partial charge on any atom is -0.490 e. The van der Waals surface area contributed by atoms with Crippen molar-refractivity contribution < 1.29 is 14.2 Å². The monoisotopic (exact) mass is 295 g/mol. The molecule has 0 amide bonds. The van der Waals surface area contributed by atoms with Crippen LogP contribution in [-0.2, 0) is 11.3 Å². The first-order valence-electron chi connectivity index (χ1n) is 7.68. The van der Waals surface area contributed by atoms with Crippen LogP contribution in [0.25, 0.3) is 0 Å². The molecule has 0 spiro atoms. The molecule has 4 nitrogen and oxygen atoms in total. The molecule has 1 aromatic rings. The molecule has 0 saturated heterocycles. The molecule has 0 radical (unpaired) electrons. The van der Waals surface area contributed by atoms with Crippen LogP contribution >= 0.6 is 0 Å². The minimum absolute atomic E-state index is 0.0597. The Balaban J connectivity index is 2.81. The fraction of sp³-hybridized carbons (Fsp3) is 0.647. The normalized spacial score (nSPS) is 11.5. The van der Waals surface area contributed by atoms with Crippen molar-refractivity contribution in [3.63, 3.8) is 0 Å². The zero-order valence-electron chi connectivity index (χ0n) is 14.0. The van der Waals surface area contributed by atoms with Crippen molar-refractivity contribution in [1.82, 2.24) is 5.32 Å². The van der Waals surface area contributed by atoms with Crippen molar-refractivity contribution in [3.8, 4) is 11.5 Å². The highest BCUT2D eigenvalue weighted by molar-refractivity contribution is 5.46. The van der Waals surface area contributed by atoms with Gasteiger partial charge in [-0.1, -0.05) is 12.1 Å². The Morgan fingerprint density at radius 2 is 1.76 bits per heavy atom. The van der Waals surface area contributed by atoms with Gasteiger partial charge in [0.15, 0.2) is 11.5 Å². The number of hydrogen-bond donors (Lipinski definition) is 1. The molecule has 0 atom stereocenters. The van der Waals surface area contributed by atoms with Crippen LogP contribution in [-0.4, -0.2) is 32.0 Å². The lowest BCUT2D eigenvalue weighted by atomic mass is 10.1. The first-order chi connectivity index (χ1) is 9.98. The van der Waals surface area contributed by atoms with E-state index in [9.17, 15) is 0 Å². The molecule has 0 aliphatic carbocycles. The molecule has 0 bridgehead atoms. The summed E-state index contributed by atoms with van der Waals surface area (Å²) >= 11 is 0. The summed E-state index contributed by atoms with van der Waals surface area (Å²) in [6.07, 6.45) is 0. The van der Waals surface area contributed by atoms with Crippen molar-refractivity contribution in [1.29, 1.82) is 0 Å². The summed E-state index contributed by atoms with van der Waals surface area (Å²) in [4.78, 5) is 0. The quantitative estimate of drug-likeness (QED) is 0.709. The van der Waals surface area contributed by atoms with E-state index >= 15 is 0 Å². The second kappa shape index (κ2) is 8.90. The predicted molar refractivity (Wildman–Crippen MR) is 86.2 cm³/mol. The van der Waals surface area contributed by atoms with Crippen molar-refractivity contribution in [2.24, 2.45) is 0 Å². The number of hydrogen-bond acceptors (Lipinski definition) is 4. The van der Waals surface area contributed by atoms with Gasteiger partial charge in [0.2, 0.25) is 0 Å². The van der Waals surface area contributed by atoms with Gasteiger partial charge in [-0.2, -0.15) is 0 Å². The fourth-order valence-corrected chi connectivity index (χ4v) is 1.84. The lowest BCUT2D eigenvalue weighted by molar-refractivity contribution is 0.108. The van der Waals surface area contributed by atoms with Gasteiger partial charge in [0.05, 0.1) is 13.2 Å². The van der Waals surface area contributed by atoms with Gasteiger partial charge in [0, 0.05) is 24.3 Å². The molecule has 0 aliphatic heterocycles. The molecule has 1 N–H and O–H groups in total. The van der Waals surface area contributed by atoms with Crippen LogP contribution in [0.2, 0.25) is 0 Å². The third-order valence-corrected chi connectivity index (χ3v) is 2.85. The van der Waals surface area contributed by atoms with Crippen LogP contribution in [0.1, 0.15) is 40.2 Å². The lowest BCUT2D eigenvalue weighted by Crippen LogP contribution is -2.35. The molecular formula is C17H29NO3. The van der Waals surface area contributed by atoms with E-state index in [0.717, 1.165) is 23.6 Å². The molecular weight excluding hydrogens is 266 g/mol. The Kier molecular flexibility index (Phi) is 7.54. The van der Waals surface area contributed by atoms with Crippen molar-refractivity contribution in [2.45, 2.75) is 46.7 Å². The molecule has 21 heavy (non-hydrogen) atoms. The molecule has 0 heterocycles. The van der Waals surface area contributed by atoms with E-state index in [-0.39, 0.29) is 5.54 Å². The molecule has 0 saturated carbocycles. The van der Waals surface area contributed by atoms with Crippen LogP contribution < -0.4 is 14.8 Å². The molecule has 1 aromatic carbocycles. The van der Waals surface area contributed by atoms with E-state index in [4.69, 9.17) is 14.2 Å². The maximum atomic E-state index is 5.90. The minimum atomic E-state index is 0.0597. The first-order valence-corrected chi connectivity index (χ1v) is 7.68. The Hall–Kier alpha value is -1.26. The lowest BCUT2D eigenvalue weighted by Gasteiger charge is -2.22. The smallest absolute Gasteiger partial charge is 0.165 e. The zero-order chi connectivity index (χ0) is 15.7. The zero-order valence-corrected chi connectivity index (χ0v) is 14.0. The SMILES string of the molecule is CCOCCOc1c(CNC(C)(C)C)cccc1OCC. The molecule has 0 aromatic heterocycles. The van der Waals surface area contributed by atoms with Gasteiger partial charge < -0.3 is 19.5 Å². The highest BCUT2D eigenvalue weighted by Crippen LogP contribution is 2.31. The molecule has 0 unspecified atom stereocenters. The summed E-state index contributed by atoms with van der Waals surface area (Å²) in [5.41, 5.74) is 1.16. The maximum Gasteiger partial charge on any atom is 0.165 e. The Bertz CT molecular complexity index is 413. The van der Waals surface area contributed by atoms with Gasteiger partial charge in [-0.05, 0) is 40.7 Å². The van der Waals surface area contributed by atoms with E-state index in [1.807, 2.05) is 26.0 Å². The van der Waals surface area contributed by atoms with Crippen LogP contribution in [0.4, 0.5) is 0 Å². The molecule has 4 heteroatoms. The van der Waals surface area contributed by atoms with Crippen LogP contribution in [0.3, 0.4) is 0 Å². The maximum absolute atomic E-state index is 5.90. The number of rotatable bonds is 9. The third kappa shape index (κ3) is 6.82. The standard InChI is InChI=1S/C17H29NO3/c1-6-19-11-12-21-16-14(13-18-17(3,4)5)9-8-10-15(16)20-7-2/h8-10,18H,6-7,11-13H2,1-5H3. The van der Waals surface area contributed by atoms with E-state index in [1.54, 1.807) is 0 Å². The molecule has 1 rings (SSSR count). The van der Waals surface area contributed by atoms with Gasteiger partial charge in [0.1, 0.15) is 6.61 Å². The van der Waals surface area contributed by atoms with Crippen molar-refractivity contribution >= 4 is 0 Å². The van der Waals surface area contributed by atoms with Gasteiger partial charge in [-0.3, -0.25) is 0 Å². The Labute approximate surface area is 128 Å². The van der Waals surface area contributed by atoms with Crippen molar-refractivity contribution in [2.75, 3.05) is 26.4 Å². The van der Waals surface area contributed by atoms with E-state index in [1.165, 1.54) is 0 Å². The Morgan fingerprint density at radius 3 is 2.38 bits per heavy atom. The Morgan fingerprint density at radius 1 is 1.00 bits per heavy atom. The number of benzene rings is 1. The summed E-state index contributed by atoms with van der Waals surface area (Å²) in [6, 6.07) is 6.01. The van der Waals surface area contributed by atoms with E-state index in [2.05, 4.69) is 32.2 Å². The number of para-hydroxylation sites is 1. The summed E-state index contributed by atoms with van der Waals surface area (Å²) in [6.45, 7) is 13.6. The van der Waals surface area contributed by atoms with Crippen LogP contribution in [0.15, 0.2) is 18.2 Å². The summed E-state index contributed by atoms with van der Waals surface area (Å²) in [5.74, 6) is 1.61. The highest BCUT2D eigenvalue weighted by atomic mass is 16.5. The molecule has 0 aliphatic rings. The summed E-state index contributed by atoms with van der Waals surface area (Å²) in [7, 11) is 0. The van der Waals surface area contributed by atoms with Gasteiger partial charge >= 0.3 is 0 Å². The highest BCUT2D eigenvalue weighted by Gasteiger charge is 2.14. The number of nitrogens with one attached hydrogen (secondary N) is 1. The van der Waals surface area contributed by atoms with E-state index < -0.39 is 0 Å². The first kappa shape index (κ1) is 17.8. The fourth-order valence-electron chi connectivity index (χ4n) is 1.84. The van der Waals surface area contributed by atoms with E-state index in [0.29, 0.717) is 26.4 Å². The van der Waals surface area contributed by atoms with Gasteiger partial charge in [0.25, 0.3) is 0 Å². The second-order valence-corrected chi connectivity index (χ2v) is 5.83. The number of ether oxygens (including phenoxy) is 3. The van der Waals surface area contributed by atoms with Crippen LogP contribution in [0.5, 0.6) is 11.5 Å². The topological polar surface area (TPSA) is 39.7 Å². The predicted octanol–water partition coefficient (Wildman–Crippen LogP) is 3.39. The molecule has 0 fully saturated rings. The third-order valence-electron chi connectivity index (χ3n) is 2.85. The average molecular weight is 295 g/mol. The van der Waals surface area contributed by atoms with Gasteiger partial charge in [-0.25, -0.2) is 0 Å². The summed E-state index contributed by atoms with van der Waals surface area (Å²) < 4.78 is 16.9. The summed E-state index contributed by atoms with van der Waals surface area (Å²) in [5, 5.41) is 3.48. The van der Waals surface area contributed by atoms with Gasteiger partial charge in [-0.15, -0.1) is 0 Å². The largest absolute Gasteiger partial charge is 0.490 e. The molecule has 120 valence electrons. The second-order valence-electron chi connectivity index (χ2n) is 5.83.